The van der Waals surface area contributed by atoms with E-state index in [0.717, 1.165) is 25.8 Å². The molecule has 1 fully saturated rings. The van der Waals surface area contributed by atoms with Gasteiger partial charge in [-0.2, -0.15) is 0 Å². The average molecular weight is 240 g/mol. The topological polar surface area (TPSA) is 88.4 Å². The Morgan fingerprint density at radius 2 is 2.29 bits per heavy atom. The zero-order chi connectivity index (χ0) is 12.3. The maximum Gasteiger partial charge on any atom is 0.318 e. The zero-order valence-corrected chi connectivity index (χ0v) is 10.2. The monoisotopic (exact) mass is 240 g/mol. The van der Waals surface area contributed by atoms with Gasteiger partial charge in [0.1, 0.15) is 0 Å². The molecular formula is C11H20N4O2. The molecular weight excluding hydrogens is 220 g/mol. The Bertz CT molecular complexity index is 353. The summed E-state index contributed by atoms with van der Waals surface area (Å²) in [5, 5.41) is 17.4. The van der Waals surface area contributed by atoms with Crippen LogP contribution in [0.4, 0.5) is 6.01 Å². The standard InChI is InChI=1S/C11H20N4O2/c1-8(12)10-13-14-11(17-10)15-6-4-2-3-5-9(15)7-16/h8-9,16H,2-7,12H2,1H3. The van der Waals surface area contributed by atoms with Crippen molar-refractivity contribution in [3.63, 3.8) is 0 Å². The van der Waals surface area contributed by atoms with E-state index in [0.29, 0.717) is 11.9 Å². The third-order valence-corrected chi connectivity index (χ3v) is 3.15. The molecule has 2 rings (SSSR count). The predicted molar refractivity (Wildman–Crippen MR) is 63.6 cm³/mol. The molecule has 0 bridgehead atoms. The minimum Gasteiger partial charge on any atom is -0.406 e. The van der Waals surface area contributed by atoms with Crippen molar-refractivity contribution in [2.24, 2.45) is 5.73 Å². The van der Waals surface area contributed by atoms with E-state index in [9.17, 15) is 5.11 Å². The fourth-order valence-corrected chi connectivity index (χ4v) is 2.15. The van der Waals surface area contributed by atoms with Crippen molar-refractivity contribution >= 4 is 6.01 Å². The molecule has 6 nitrogen and oxygen atoms in total. The van der Waals surface area contributed by atoms with Crippen molar-refractivity contribution < 1.29 is 9.52 Å². The van der Waals surface area contributed by atoms with Crippen LogP contribution < -0.4 is 10.6 Å². The minimum atomic E-state index is -0.254. The largest absolute Gasteiger partial charge is 0.406 e. The number of aromatic nitrogens is 2. The molecule has 17 heavy (non-hydrogen) atoms. The lowest BCUT2D eigenvalue weighted by Gasteiger charge is -2.26. The Hall–Kier alpha value is -1.14. The lowest BCUT2D eigenvalue weighted by molar-refractivity contribution is 0.250. The zero-order valence-electron chi connectivity index (χ0n) is 10.2. The Kier molecular flexibility index (Phi) is 3.96. The van der Waals surface area contributed by atoms with Gasteiger partial charge in [0, 0.05) is 6.54 Å². The van der Waals surface area contributed by atoms with E-state index in [2.05, 4.69) is 10.2 Å². The summed E-state index contributed by atoms with van der Waals surface area (Å²) in [6, 6.07) is 0.313. The smallest absolute Gasteiger partial charge is 0.318 e. The molecule has 0 saturated carbocycles. The fraction of sp³-hybridized carbons (Fsp3) is 0.818. The summed E-state index contributed by atoms with van der Waals surface area (Å²) in [5.41, 5.74) is 5.69. The van der Waals surface area contributed by atoms with Crippen LogP contribution in [0.2, 0.25) is 0 Å². The van der Waals surface area contributed by atoms with E-state index < -0.39 is 0 Å². The molecule has 1 aromatic rings. The average Bonchev–Trinajstić information content (AvgIpc) is 2.68. The molecule has 2 atom stereocenters. The molecule has 1 aromatic heterocycles. The van der Waals surface area contributed by atoms with Crippen molar-refractivity contribution in [3.8, 4) is 0 Å². The molecule has 96 valence electrons. The molecule has 0 radical (unpaired) electrons. The van der Waals surface area contributed by atoms with E-state index in [1.165, 1.54) is 6.42 Å². The molecule has 6 heteroatoms. The Labute approximate surface area is 101 Å². The normalized spacial score (nSPS) is 23.5. The van der Waals surface area contributed by atoms with Crippen LogP contribution in [0.5, 0.6) is 0 Å². The summed E-state index contributed by atoms with van der Waals surface area (Å²) < 4.78 is 5.54. The van der Waals surface area contributed by atoms with Gasteiger partial charge in [-0.05, 0) is 19.8 Å². The number of hydrogen-bond donors (Lipinski definition) is 2. The molecule has 1 aliphatic heterocycles. The molecule has 0 amide bonds. The SMILES string of the molecule is CC(N)c1nnc(N2CCCCCC2CO)o1. The van der Waals surface area contributed by atoms with Crippen LogP contribution in [-0.2, 0) is 0 Å². The third kappa shape index (κ3) is 2.76. The number of nitrogens with two attached hydrogens (primary N) is 1. The second-order valence-corrected chi connectivity index (χ2v) is 4.59. The van der Waals surface area contributed by atoms with Gasteiger partial charge in [0.25, 0.3) is 0 Å². The van der Waals surface area contributed by atoms with E-state index in [4.69, 9.17) is 10.2 Å². The highest BCUT2D eigenvalue weighted by atomic mass is 16.4. The highest BCUT2D eigenvalue weighted by Gasteiger charge is 2.25. The summed E-state index contributed by atoms with van der Waals surface area (Å²) in [4.78, 5) is 2.01. The third-order valence-electron chi connectivity index (χ3n) is 3.15. The van der Waals surface area contributed by atoms with E-state index in [-0.39, 0.29) is 18.7 Å². The molecule has 2 heterocycles. The predicted octanol–water partition coefficient (Wildman–Crippen LogP) is 0.831. The Morgan fingerprint density at radius 3 is 2.94 bits per heavy atom. The maximum absolute atomic E-state index is 9.41. The van der Waals surface area contributed by atoms with E-state index in [1.807, 2.05) is 11.8 Å². The van der Waals surface area contributed by atoms with Crippen LogP contribution in [0, 0.1) is 0 Å². The first kappa shape index (κ1) is 12.3. The highest BCUT2D eigenvalue weighted by molar-refractivity contribution is 5.27. The number of rotatable bonds is 3. The van der Waals surface area contributed by atoms with Crippen LogP contribution in [0.15, 0.2) is 4.42 Å². The number of aliphatic hydroxyl groups is 1. The van der Waals surface area contributed by atoms with Crippen molar-refractivity contribution in [2.75, 3.05) is 18.1 Å². The summed E-state index contributed by atoms with van der Waals surface area (Å²) in [5.74, 6) is 0.445. The lowest BCUT2D eigenvalue weighted by Crippen LogP contribution is -2.37. The molecule has 3 N–H and O–H groups in total. The molecule has 0 spiro atoms. The van der Waals surface area contributed by atoms with Crippen molar-refractivity contribution in [3.05, 3.63) is 5.89 Å². The molecule has 1 saturated heterocycles. The van der Waals surface area contributed by atoms with Gasteiger partial charge in [-0.1, -0.05) is 17.9 Å². The van der Waals surface area contributed by atoms with Gasteiger partial charge >= 0.3 is 6.01 Å². The number of anilines is 1. The van der Waals surface area contributed by atoms with Gasteiger partial charge in [-0.25, -0.2) is 0 Å². The molecule has 2 unspecified atom stereocenters. The van der Waals surface area contributed by atoms with Gasteiger partial charge in [-0.3, -0.25) is 0 Å². The summed E-state index contributed by atoms with van der Waals surface area (Å²) >= 11 is 0. The van der Waals surface area contributed by atoms with Gasteiger partial charge in [0.2, 0.25) is 5.89 Å². The fourth-order valence-electron chi connectivity index (χ4n) is 2.15. The first-order valence-corrected chi connectivity index (χ1v) is 6.19. The van der Waals surface area contributed by atoms with Crippen LogP contribution in [0.25, 0.3) is 0 Å². The summed E-state index contributed by atoms with van der Waals surface area (Å²) in [7, 11) is 0. The number of nitrogens with zero attached hydrogens (tertiary/aromatic N) is 3. The number of aliphatic hydroxyl groups excluding tert-OH is 1. The highest BCUT2D eigenvalue weighted by Crippen LogP contribution is 2.23. The van der Waals surface area contributed by atoms with E-state index in [1.54, 1.807) is 0 Å². The van der Waals surface area contributed by atoms with Crippen LogP contribution in [0.3, 0.4) is 0 Å². The summed E-state index contributed by atoms with van der Waals surface area (Å²) in [6.07, 6.45) is 4.37. The lowest BCUT2D eigenvalue weighted by atomic mass is 10.1. The Morgan fingerprint density at radius 1 is 1.47 bits per heavy atom. The van der Waals surface area contributed by atoms with Crippen LogP contribution in [-0.4, -0.2) is 34.5 Å². The van der Waals surface area contributed by atoms with Gasteiger partial charge < -0.3 is 20.2 Å². The first-order valence-electron chi connectivity index (χ1n) is 6.19. The van der Waals surface area contributed by atoms with Crippen LogP contribution in [0.1, 0.15) is 44.5 Å². The minimum absolute atomic E-state index is 0.0823. The molecule has 1 aliphatic rings. The maximum atomic E-state index is 9.41. The first-order chi connectivity index (χ1) is 8.22. The quantitative estimate of drug-likeness (QED) is 0.813. The number of hydrogen-bond acceptors (Lipinski definition) is 6. The van der Waals surface area contributed by atoms with Crippen molar-refractivity contribution in [1.29, 1.82) is 0 Å². The van der Waals surface area contributed by atoms with Crippen LogP contribution >= 0.6 is 0 Å². The van der Waals surface area contributed by atoms with Crippen molar-refractivity contribution in [1.82, 2.24) is 10.2 Å². The van der Waals surface area contributed by atoms with Gasteiger partial charge in [0.15, 0.2) is 0 Å². The van der Waals surface area contributed by atoms with Crippen molar-refractivity contribution in [2.45, 2.75) is 44.7 Å². The summed E-state index contributed by atoms with van der Waals surface area (Å²) in [6.45, 7) is 2.78. The molecule has 0 aromatic carbocycles. The second-order valence-electron chi connectivity index (χ2n) is 4.59. The van der Waals surface area contributed by atoms with E-state index >= 15 is 0 Å². The Balaban J connectivity index is 2.16. The van der Waals surface area contributed by atoms with Gasteiger partial charge in [-0.15, -0.1) is 5.10 Å². The molecule has 0 aliphatic carbocycles. The second kappa shape index (κ2) is 5.46. The van der Waals surface area contributed by atoms with Gasteiger partial charge in [0.05, 0.1) is 18.7 Å².